The summed E-state index contributed by atoms with van der Waals surface area (Å²) < 4.78 is 22.8. The largest absolute Gasteiger partial charge is 0.469 e. The van der Waals surface area contributed by atoms with Crippen molar-refractivity contribution in [1.29, 1.82) is 0 Å². The van der Waals surface area contributed by atoms with Gasteiger partial charge in [-0.25, -0.2) is 14.5 Å². The Labute approximate surface area is 148 Å². The zero-order valence-corrected chi connectivity index (χ0v) is 15.0. The number of rotatable bonds is 4. The van der Waals surface area contributed by atoms with Gasteiger partial charge in [-0.05, 0) is 22.6 Å². The van der Waals surface area contributed by atoms with Crippen molar-refractivity contribution in [2.75, 3.05) is 12.3 Å². The van der Waals surface area contributed by atoms with Crippen molar-refractivity contribution in [2.24, 2.45) is 0 Å². The van der Waals surface area contributed by atoms with Crippen LogP contribution in [0, 0.1) is 3.57 Å². The summed E-state index contributed by atoms with van der Waals surface area (Å²) >= 11 is 2.03. The monoisotopic (exact) mass is 472 g/mol. The van der Waals surface area contributed by atoms with Gasteiger partial charge in [0.25, 0.3) is 0 Å². The van der Waals surface area contributed by atoms with E-state index in [1.54, 1.807) is 6.20 Å². The van der Waals surface area contributed by atoms with E-state index in [1.165, 1.54) is 10.9 Å². The lowest BCUT2D eigenvalue weighted by Crippen LogP contribution is -2.33. The van der Waals surface area contributed by atoms with Gasteiger partial charge in [-0.1, -0.05) is 0 Å². The lowest BCUT2D eigenvalue weighted by molar-refractivity contribution is -0.0502. The highest BCUT2D eigenvalue weighted by molar-refractivity contribution is 14.1. The summed E-state index contributed by atoms with van der Waals surface area (Å²) in [4.78, 5) is 25.5. The Kier molecular flexibility index (Phi) is 4.83. The van der Waals surface area contributed by atoms with Crippen molar-refractivity contribution >= 4 is 47.3 Å². The van der Waals surface area contributed by atoms with Crippen LogP contribution < -0.4 is 5.73 Å². The fourth-order valence-corrected chi connectivity index (χ4v) is 3.68. The Morgan fingerprint density at radius 3 is 2.75 bits per heavy atom. The van der Waals surface area contributed by atoms with Crippen molar-refractivity contribution < 1.29 is 33.8 Å². The maximum Gasteiger partial charge on any atom is 0.469 e. The van der Waals surface area contributed by atoms with E-state index in [4.69, 9.17) is 20.3 Å². The second-order valence-corrected chi connectivity index (χ2v) is 7.58. The third-order valence-corrected chi connectivity index (χ3v) is 4.91. The molecule has 3 rings (SSSR count). The number of aliphatic hydroxyl groups excluding tert-OH is 2. The van der Waals surface area contributed by atoms with Crippen LogP contribution in [-0.4, -0.2) is 59.5 Å². The van der Waals surface area contributed by atoms with Crippen molar-refractivity contribution in [1.82, 2.24) is 14.5 Å². The predicted molar refractivity (Wildman–Crippen MR) is 88.6 cm³/mol. The van der Waals surface area contributed by atoms with Gasteiger partial charge in [-0.2, -0.15) is 0 Å². The Balaban J connectivity index is 1.90. The van der Waals surface area contributed by atoms with Crippen LogP contribution in [0.5, 0.6) is 0 Å². The third-order valence-electron chi connectivity index (χ3n) is 3.61. The fraction of sp³-hybridized carbons (Fsp3) is 0.455. The number of phosphoric acid groups is 1. The summed E-state index contributed by atoms with van der Waals surface area (Å²) in [5, 5.41) is 20.8. The molecular weight excluding hydrogens is 458 g/mol. The zero-order chi connectivity index (χ0) is 17.6. The number of halogens is 1. The van der Waals surface area contributed by atoms with Gasteiger partial charge in [-0.15, -0.1) is 0 Å². The third kappa shape index (κ3) is 3.28. The van der Waals surface area contributed by atoms with Crippen LogP contribution in [0.15, 0.2) is 12.5 Å². The van der Waals surface area contributed by atoms with Gasteiger partial charge in [0.1, 0.15) is 36.1 Å². The number of nitrogens with two attached hydrogens (primary N) is 1. The lowest BCUT2D eigenvalue weighted by atomic mass is 10.1. The number of phosphoric ester groups is 1. The van der Waals surface area contributed by atoms with Gasteiger partial charge in [0.15, 0.2) is 6.23 Å². The highest BCUT2D eigenvalue weighted by Crippen LogP contribution is 2.39. The Bertz CT molecular complexity index is 811. The Morgan fingerprint density at radius 2 is 2.08 bits per heavy atom. The highest BCUT2D eigenvalue weighted by atomic mass is 127. The predicted octanol–water partition coefficient (Wildman–Crippen LogP) is -0.653. The molecule has 4 atom stereocenters. The summed E-state index contributed by atoms with van der Waals surface area (Å²) in [5.74, 6) is 0.262. The normalized spacial score (nSPS) is 27.9. The summed E-state index contributed by atoms with van der Waals surface area (Å²) in [5.41, 5.74) is 6.23. The molecule has 24 heavy (non-hydrogen) atoms. The minimum absolute atomic E-state index is 0.262. The molecule has 0 aromatic carbocycles. The van der Waals surface area contributed by atoms with Crippen LogP contribution in [0.2, 0.25) is 0 Å². The first-order valence-corrected chi connectivity index (χ1v) is 9.28. The first-order chi connectivity index (χ1) is 11.2. The molecule has 1 aliphatic heterocycles. The molecule has 1 aliphatic rings. The van der Waals surface area contributed by atoms with Crippen LogP contribution in [0.1, 0.15) is 6.23 Å². The number of anilines is 1. The number of hydrogen-bond acceptors (Lipinski definition) is 8. The molecule has 2 aromatic heterocycles. The van der Waals surface area contributed by atoms with Crippen molar-refractivity contribution in [3.05, 3.63) is 16.1 Å². The number of hydrogen-bond donors (Lipinski definition) is 5. The van der Waals surface area contributed by atoms with Gasteiger partial charge >= 0.3 is 7.82 Å². The quantitative estimate of drug-likeness (QED) is 0.284. The van der Waals surface area contributed by atoms with Gasteiger partial charge in [0, 0.05) is 9.77 Å². The molecule has 0 spiro atoms. The van der Waals surface area contributed by atoms with Crippen LogP contribution in [0.25, 0.3) is 11.0 Å². The molecule has 6 N–H and O–H groups in total. The smallest absolute Gasteiger partial charge is 0.387 e. The standard InChI is InChI=1S/C11H14IN4O7P/c12-4-1-16(10-6(4)9(13)14-3-15-10)11-8(18)7(17)5(23-11)2-22-24(19,20)21/h1,3,5,7-8,11,17-18H,2H2,(H2,13,14,15)(H2,19,20,21)/t5-,7-,8-,11-/m1/s1. The molecule has 2 aromatic rings. The maximum absolute atomic E-state index is 10.8. The van der Waals surface area contributed by atoms with Gasteiger partial charge in [0.2, 0.25) is 0 Å². The Morgan fingerprint density at radius 1 is 1.38 bits per heavy atom. The first kappa shape index (κ1) is 17.9. The average Bonchev–Trinajstić information content (AvgIpc) is 2.96. The molecule has 0 aliphatic carbocycles. The van der Waals surface area contributed by atoms with Crippen molar-refractivity contribution in [3.8, 4) is 0 Å². The molecule has 0 unspecified atom stereocenters. The molecule has 11 nitrogen and oxygen atoms in total. The molecule has 132 valence electrons. The number of fused-ring (bicyclic) bond motifs is 1. The molecular formula is C11H14IN4O7P. The van der Waals surface area contributed by atoms with E-state index >= 15 is 0 Å². The van der Waals surface area contributed by atoms with Gasteiger partial charge < -0.3 is 35.0 Å². The Hall–Kier alpha value is -0.860. The van der Waals surface area contributed by atoms with Crippen LogP contribution in [-0.2, 0) is 13.8 Å². The van der Waals surface area contributed by atoms with E-state index in [-0.39, 0.29) is 5.82 Å². The van der Waals surface area contributed by atoms with E-state index in [0.29, 0.717) is 11.0 Å². The average molecular weight is 472 g/mol. The van der Waals surface area contributed by atoms with Crippen molar-refractivity contribution in [3.63, 3.8) is 0 Å². The molecule has 0 bridgehead atoms. The molecule has 0 saturated carbocycles. The number of nitrogens with zero attached hydrogens (tertiary/aromatic N) is 3. The lowest BCUT2D eigenvalue weighted by Gasteiger charge is -2.17. The molecule has 3 heterocycles. The number of ether oxygens (including phenoxy) is 1. The second kappa shape index (κ2) is 6.46. The zero-order valence-electron chi connectivity index (χ0n) is 11.9. The van der Waals surface area contributed by atoms with Crippen molar-refractivity contribution in [2.45, 2.75) is 24.5 Å². The number of nitrogen functional groups attached to an aromatic ring is 1. The highest BCUT2D eigenvalue weighted by Gasteiger charge is 2.45. The first-order valence-electron chi connectivity index (χ1n) is 6.67. The van der Waals surface area contributed by atoms with E-state index in [2.05, 4.69) is 14.5 Å². The van der Waals surface area contributed by atoms with E-state index < -0.39 is 39.0 Å². The molecule has 1 saturated heterocycles. The second-order valence-electron chi connectivity index (χ2n) is 5.17. The SMILES string of the molecule is Nc1ncnc2c1c(I)cn2[C@@H]1O[C@H](COP(=O)(O)O)[C@@H](O)[C@H]1O. The minimum atomic E-state index is -4.72. The van der Waals surface area contributed by atoms with E-state index in [0.717, 1.165) is 3.57 Å². The van der Waals surface area contributed by atoms with E-state index in [1.807, 2.05) is 22.6 Å². The number of aromatic nitrogens is 3. The van der Waals surface area contributed by atoms with Gasteiger partial charge in [0.05, 0.1) is 12.0 Å². The van der Waals surface area contributed by atoms with Crippen LogP contribution in [0.3, 0.4) is 0 Å². The summed E-state index contributed by atoms with van der Waals surface area (Å²) in [7, 11) is -4.72. The number of aliphatic hydroxyl groups is 2. The maximum atomic E-state index is 10.8. The van der Waals surface area contributed by atoms with Crippen LogP contribution >= 0.6 is 30.4 Å². The van der Waals surface area contributed by atoms with E-state index in [9.17, 15) is 14.8 Å². The summed E-state index contributed by atoms with van der Waals surface area (Å²) in [6.45, 7) is -0.577. The van der Waals surface area contributed by atoms with Crippen LogP contribution in [0.4, 0.5) is 5.82 Å². The molecule has 1 fully saturated rings. The van der Waals surface area contributed by atoms with Gasteiger partial charge in [-0.3, -0.25) is 4.52 Å². The fourth-order valence-electron chi connectivity index (χ4n) is 2.52. The summed E-state index contributed by atoms with van der Waals surface area (Å²) in [6, 6.07) is 0. The molecule has 0 radical (unpaired) electrons. The minimum Gasteiger partial charge on any atom is -0.387 e. The summed E-state index contributed by atoms with van der Waals surface area (Å²) in [6.07, 6.45) is -1.99. The molecule has 13 heteroatoms. The topological polar surface area (TPSA) is 173 Å². The molecule has 0 amide bonds.